The Morgan fingerprint density at radius 1 is 1.32 bits per heavy atom. The number of piperidine rings is 1. The molecule has 2 aromatic rings. The summed E-state index contributed by atoms with van der Waals surface area (Å²) in [7, 11) is 0. The number of rotatable bonds is 2. The van der Waals surface area contributed by atoms with Crippen molar-refractivity contribution in [3.63, 3.8) is 0 Å². The van der Waals surface area contributed by atoms with Crippen LogP contribution in [0.5, 0.6) is 0 Å². The normalized spacial score (nSPS) is 17.2. The lowest BCUT2D eigenvalue weighted by Gasteiger charge is -2.24. The number of para-hydroxylation sites is 1. The van der Waals surface area contributed by atoms with E-state index >= 15 is 0 Å². The molecule has 0 saturated carbocycles. The smallest absolute Gasteiger partial charge is 0.252 e. The molecule has 2 heterocycles. The minimum absolute atomic E-state index is 0. The minimum Gasteiger partial charge on any atom is -0.348 e. The second-order valence-electron chi connectivity index (χ2n) is 5.35. The lowest BCUT2D eigenvalue weighted by atomic mass is 10.0. The monoisotopic (exact) mass is 341 g/mol. The van der Waals surface area contributed by atoms with Crippen LogP contribution in [0.15, 0.2) is 30.3 Å². The van der Waals surface area contributed by atoms with Crippen molar-refractivity contribution < 1.29 is 4.79 Å². The van der Waals surface area contributed by atoms with E-state index in [-0.39, 0.29) is 36.8 Å². The zero-order chi connectivity index (χ0) is 13.9. The van der Waals surface area contributed by atoms with E-state index < -0.39 is 0 Å². The Hall–Kier alpha value is -1.36. The van der Waals surface area contributed by atoms with Crippen LogP contribution in [-0.2, 0) is 0 Å². The van der Waals surface area contributed by atoms with Crippen LogP contribution in [-0.4, -0.2) is 30.0 Å². The molecule has 22 heavy (non-hydrogen) atoms. The van der Waals surface area contributed by atoms with Crippen molar-refractivity contribution in [1.82, 2.24) is 15.6 Å². The summed E-state index contributed by atoms with van der Waals surface area (Å²) in [4.78, 5) is 17.0. The minimum atomic E-state index is 0. The number of hydrogen-bond donors (Lipinski definition) is 2. The van der Waals surface area contributed by atoms with Gasteiger partial charge in [0, 0.05) is 23.7 Å². The Bertz CT molecular complexity index is 642. The van der Waals surface area contributed by atoms with Gasteiger partial charge in [0.1, 0.15) is 0 Å². The van der Waals surface area contributed by atoms with Crippen molar-refractivity contribution in [2.75, 3.05) is 13.1 Å². The van der Waals surface area contributed by atoms with Gasteiger partial charge in [-0.2, -0.15) is 0 Å². The molecule has 6 heteroatoms. The summed E-state index contributed by atoms with van der Waals surface area (Å²) < 4.78 is 0. The maximum Gasteiger partial charge on any atom is 0.252 e. The highest BCUT2D eigenvalue weighted by Crippen LogP contribution is 2.18. The Kier molecular flexibility index (Phi) is 7.07. The quantitative estimate of drug-likeness (QED) is 0.882. The highest BCUT2D eigenvalue weighted by atomic mass is 35.5. The number of fused-ring (bicyclic) bond motifs is 1. The lowest BCUT2D eigenvalue weighted by Crippen LogP contribution is -2.45. The van der Waals surface area contributed by atoms with E-state index in [2.05, 4.69) is 15.6 Å². The van der Waals surface area contributed by atoms with Gasteiger partial charge in [-0.15, -0.1) is 24.8 Å². The number of halogens is 2. The summed E-state index contributed by atoms with van der Waals surface area (Å²) in [6, 6.07) is 9.88. The van der Waals surface area contributed by atoms with Crippen molar-refractivity contribution in [1.29, 1.82) is 0 Å². The van der Waals surface area contributed by atoms with Crippen LogP contribution in [0.1, 0.15) is 28.9 Å². The van der Waals surface area contributed by atoms with Crippen LogP contribution < -0.4 is 10.6 Å². The SMILES string of the molecule is Cc1cc(C(=O)N[C@@H]2CCCNC2)c2ccccc2n1.Cl.Cl. The fourth-order valence-electron chi connectivity index (χ4n) is 2.73. The van der Waals surface area contributed by atoms with Gasteiger partial charge in [-0.3, -0.25) is 9.78 Å². The zero-order valence-electron chi connectivity index (χ0n) is 12.5. The summed E-state index contributed by atoms with van der Waals surface area (Å²) >= 11 is 0. The number of nitrogens with one attached hydrogen (secondary N) is 2. The number of nitrogens with zero attached hydrogens (tertiary/aromatic N) is 1. The molecule has 1 aromatic carbocycles. The van der Waals surface area contributed by atoms with Gasteiger partial charge < -0.3 is 10.6 Å². The van der Waals surface area contributed by atoms with Crippen molar-refractivity contribution >= 4 is 41.6 Å². The first-order valence-electron chi connectivity index (χ1n) is 7.12. The van der Waals surface area contributed by atoms with Crippen molar-refractivity contribution in [2.45, 2.75) is 25.8 Å². The summed E-state index contributed by atoms with van der Waals surface area (Å²) in [5, 5.41) is 7.35. The summed E-state index contributed by atoms with van der Waals surface area (Å²) in [5.41, 5.74) is 2.47. The van der Waals surface area contributed by atoms with Gasteiger partial charge in [0.25, 0.3) is 5.91 Å². The molecule has 0 aliphatic carbocycles. The first-order chi connectivity index (χ1) is 9.74. The van der Waals surface area contributed by atoms with E-state index in [1.165, 1.54) is 0 Å². The number of hydrogen-bond acceptors (Lipinski definition) is 3. The Labute approximate surface area is 142 Å². The van der Waals surface area contributed by atoms with Crippen LogP contribution >= 0.6 is 24.8 Å². The van der Waals surface area contributed by atoms with Crippen molar-refractivity contribution in [3.8, 4) is 0 Å². The Balaban J connectivity index is 0.00000121. The van der Waals surface area contributed by atoms with Crippen LogP contribution in [0.3, 0.4) is 0 Å². The third-order valence-electron chi connectivity index (χ3n) is 3.72. The molecule has 120 valence electrons. The van der Waals surface area contributed by atoms with Crippen LogP contribution in [0.4, 0.5) is 0 Å². The van der Waals surface area contributed by atoms with E-state index in [0.717, 1.165) is 48.1 Å². The van der Waals surface area contributed by atoms with E-state index in [0.29, 0.717) is 0 Å². The number of pyridine rings is 1. The standard InChI is InChI=1S/C16H19N3O.2ClH/c1-11-9-14(13-6-2-3-7-15(13)18-11)16(20)19-12-5-4-8-17-10-12;;/h2-3,6-7,9,12,17H,4-5,8,10H2,1H3,(H,19,20);2*1H/t12-;;/m1../s1. The molecule has 2 N–H and O–H groups in total. The zero-order valence-corrected chi connectivity index (χ0v) is 14.1. The van der Waals surface area contributed by atoms with Crippen LogP contribution in [0, 0.1) is 6.92 Å². The summed E-state index contributed by atoms with van der Waals surface area (Å²) in [6.45, 7) is 3.82. The average molecular weight is 342 g/mol. The highest BCUT2D eigenvalue weighted by Gasteiger charge is 2.18. The Morgan fingerprint density at radius 3 is 2.82 bits per heavy atom. The molecule has 0 bridgehead atoms. The van der Waals surface area contributed by atoms with Crippen molar-refractivity contribution in [2.24, 2.45) is 0 Å². The predicted octanol–water partition coefficient (Wildman–Crippen LogP) is 2.87. The second kappa shape index (κ2) is 8.32. The number of aryl methyl sites for hydroxylation is 1. The van der Waals surface area contributed by atoms with E-state index in [4.69, 9.17) is 0 Å². The van der Waals surface area contributed by atoms with Gasteiger partial charge in [-0.05, 0) is 38.4 Å². The fourth-order valence-corrected chi connectivity index (χ4v) is 2.73. The molecular formula is C16H21Cl2N3O. The summed E-state index contributed by atoms with van der Waals surface area (Å²) in [6.07, 6.45) is 2.15. The van der Waals surface area contributed by atoms with Gasteiger partial charge in [-0.25, -0.2) is 0 Å². The number of aromatic nitrogens is 1. The van der Waals surface area contributed by atoms with Crippen molar-refractivity contribution in [3.05, 3.63) is 41.6 Å². The van der Waals surface area contributed by atoms with Gasteiger partial charge in [-0.1, -0.05) is 18.2 Å². The Morgan fingerprint density at radius 2 is 2.09 bits per heavy atom. The molecule has 0 spiro atoms. The van der Waals surface area contributed by atoms with Gasteiger partial charge in [0.05, 0.1) is 11.1 Å². The predicted molar refractivity (Wildman–Crippen MR) is 94.3 cm³/mol. The molecule has 4 nitrogen and oxygen atoms in total. The molecule has 1 fully saturated rings. The molecule has 1 aliphatic rings. The van der Waals surface area contributed by atoms with Gasteiger partial charge >= 0.3 is 0 Å². The van der Waals surface area contributed by atoms with Crippen LogP contribution in [0.2, 0.25) is 0 Å². The molecule has 3 rings (SSSR count). The largest absolute Gasteiger partial charge is 0.348 e. The maximum atomic E-state index is 12.5. The number of amides is 1. The number of carbonyl (C=O) groups excluding carboxylic acids is 1. The molecule has 1 aromatic heterocycles. The average Bonchev–Trinajstić information content (AvgIpc) is 2.47. The van der Waals surface area contributed by atoms with E-state index in [9.17, 15) is 4.79 Å². The first-order valence-corrected chi connectivity index (χ1v) is 7.12. The topological polar surface area (TPSA) is 54.0 Å². The number of benzene rings is 1. The highest BCUT2D eigenvalue weighted by molar-refractivity contribution is 6.06. The lowest BCUT2D eigenvalue weighted by molar-refractivity contribution is 0.0932. The number of carbonyl (C=O) groups is 1. The van der Waals surface area contributed by atoms with E-state index in [1.54, 1.807) is 0 Å². The maximum absolute atomic E-state index is 12.5. The van der Waals surface area contributed by atoms with Crippen LogP contribution in [0.25, 0.3) is 10.9 Å². The molecule has 0 unspecified atom stereocenters. The fraction of sp³-hybridized carbons (Fsp3) is 0.375. The summed E-state index contributed by atoms with van der Waals surface area (Å²) in [5.74, 6) is 0.000370. The molecule has 1 amide bonds. The van der Waals surface area contributed by atoms with E-state index in [1.807, 2.05) is 37.3 Å². The molecule has 1 aliphatic heterocycles. The molecule has 1 saturated heterocycles. The van der Waals surface area contributed by atoms with Gasteiger partial charge in [0.15, 0.2) is 0 Å². The second-order valence-corrected chi connectivity index (χ2v) is 5.35. The molecule has 0 radical (unpaired) electrons. The first kappa shape index (κ1) is 18.7. The van der Waals surface area contributed by atoms with Gasteiger partial charge in [0.2, 0.25) is 0 Å². The third kappa shape index (κ3) is 4.09. The third-order valence-corrected chi connectivity index (χ3v) is 3.72. The molecular weight excluding hydrogens is 321 g/mol. The molecule has 1 atom stereocenters.